The van der Waals surface area contributed by atoms with Crippen LogP contribution in [0.3, 0.4) is 0 Å². The maximum Gasteiger partial charge on any atom is 0.416 e. The Bertz CT molecular complexity index is 962. The zero-order valence-electron chi connectivity index (χ0n) is 16.1. The van der Waals surface area contributed by atoms with Gasteiger partial charge in [0, 0.05) is 30.9 Å². The summed E-state index contributed by atoms with van der Waals surface area (Å²) in [6.07, 6.45) is -1.14. The number of esters is 1. The van der Waals surface area contributed by atoms with Crippen molar-refractivity contribution in [2.45, 2.75) is 26.2 Å². The zero-order chi connectivity index (χ0) is 21.6. The van der Waals surface area contributed by atoms with E-state index < -0.39 is 17.7 Å². The van der Waals surface area contributed by atoms with Crippen molar-refractivity contribution in [3.63, 3.8) is 0 Å². The molecule has 0 saturated heterocycles. The van der Waals surface area contributed by atoms with Gasteiger partial charge in [0.1, 0.15) is 0 Å². The Kier molecular flexibility index (Phi) is 7.11. The second-order valence-corrected chi connectivity index (χ2v) is 7.22. The zero-order valence-corrected chi connectivity index (χ0v) is 16.9. The van der Waals surface area contributed by atoms with Gasteiger partial charge in [-0.15, -0.1) is 11.3 Å². The maximum absolute atomic E-state index is 12.8. The first-order valence-corrected chi connectivity index (χ1v) is 9.99. The van der Waals surface area contributed by atoms with Gasteiger partial charge >= 0.3 is 12.1 Å². The van der Waals surface area contributed by atoms with Crippen LogP contribution in [0, 0.1) is 0 Å². The van der Waals surface area contributed by atoms with Crippen LogP contribution in [-0.2, 0) is 28.8 Å². The minimum atomic E-state index is -4.39. The van der Waals surface area contributed by atoms with Crippen LogP contribution in [0.2, 0.25) is 0 Å². The van der Waals surface area contributed by atoms with Crippen LogP contribution in [0.15, 0.2) is 48.1 Å². The number of aromatic nitrogens is 3. The smallest absolute Gasteiger partial charge is 0.416 e. The van der Waals surface area contributed by atoms with Crippen LogP contribution in [0.5, 0.6) is 0 Å². The molecule has 2 aromatic heterocycles. The van der Waals surface area contributed by atoms with E-state index in [-0.39, 0.29) is 19.7 Å². The molecule has 1 aromatic carbocycles. The van der Waals surface area contributed by atoms with E-state index >= 15 is 0 Å². The van der Waals surface area contributed by atoms with Gasteiger partial charge in [0.15, 0.2) is 10.8 Å². The highest BCUT2D eigenvalue weighted by Gasteiger charge is 2.30. The van der Waals surface area contributed by atoms with E-state index in [2.05, 4.69) is 15.0 Å². The number of carbonyl (C=O) groups excluding carboxylic acids is 1. The topological polar surface area (TPSA) is 68.2 Å². The Morgan fingerprint density at radius 2 is 1.83 bits per heavy atom. The summed E-state index contributed by atoms with van der Waals surface area (Å²) in [4.78, 5) is 26.6. The number of benzene rings is 1. The Hall–Kier alpha value is -2.85. The Morgan fingerprint density at radius 1 is 1.13 bits per heavy atom. The summed E-state index contributed by atoms with van der Waals surface area (Å²) in [5.41, 5.74) is 0.642. The van der Waals surface area contributed by atoms with Gasteiger partial charge in [0.05, 0.1) is 24.4 Å². The summed E-state index contributed by atoms with van der Waals surface area (Å²) in [6, 6.07) is 6.59. The molecule has 0 amide bonds. The number of alkyl halides is 3. The summed E-state index contributed by atoms with van der Waals surface area (Å²) in [7, 11) is 0. The highest BCUT2D eigenvalue weighted by molar-refractivity contribution is 7.13. The van der Waals surface area contributed by atoms with Gasteiger partial charge in [-0.3, -0.25) is 9.69 Å². The van der Waals surface area contributed by atoms with Crippen molar-refractivity contribution in [2.75, 3.05) is 13.2 Å². The van der Waals surface area contributed by atoms with E-state index in [0.717, 1.165) is 12.1 Å². The summed E-state index contributed by atoms with van der Waals surface area (Å²) in [5, 5.41) is 2.49. The number of ether oxygens (including phenoxy) is 1. The molecule has 0 saturated carbocycles. The van der Waals surface area contributed by atoms with E-state index in [1.165, 1.54) is 23.5 Å². The Labute approximate surface area is 175 Å². The van der Waals surface area contributed by atoms with E-state index in [4.69, 9.17) is 4.74 Å². The lowest BCUT2D eigenvalue weighted by atomic mass is 10.1. The molecule has 0 atom stereocenters. The molecule has 0 aliphatic carbocycles. The van der Waals surface area contributed by atoms with Gasteiger partial charge in [-0.2, -0.15) is 13.2 Å². The van der Waals surface area contributed by atoms with Crippen molar-refractivity contribution >= 4 is 17.3 Å². The number of hydrogen-bond acceptors (Lipinski definition) is 7. The second-order valence-electron chi connectivity index (χ2n) is 6.36. The summed E-state index contributed by atoms with van der Waals surface area (Å²) < 4.78 is 43.4. The Morgan fingerprint density at radius 3 is 2.47 bits per heavy atom. The van der Waals surface area contributed by atoms with Crippen molar-refractivity contribution in [3.05, 3.63) is 64.9 Å². The molecule has 0 aliphatic rings. The summed E-state index contributed by atoms with van der Waals surface area (Å²) in [5.74, 6) is 0.0969. The molecule has 0 aliphatic heterocycles. The van der Waals surface area contributed by atoms with Gasteiger partial charge in [0.25, 0.3) is 0 Å². The maximum atomic E-state index is 12.8. The fourth-order valence-corrected chi connectivity index (χ4v) is 3.49. The first kappa shape index (κ1) is 21.8. The Balaban J connectivity index is 1.74. The number of halogens is 3. The van der Waals surface area contributed by atoms with Crippen molar-refractivity contribution in [1.29, 1.82) is 0 Å². The predicted molar refractivity (Wildman–Crippen MR) is 105 cm³/mol. The highest BCUT2D eigenvalue weighted by atomic mass is 32.1. The van der Waals surface area contributed by atoms with Crippen LogP contribution < -0.4 is 0 Å². The number of thiazole rings is 1. The van der Waals surface area contributed by atoms with Crippen molar-refractivity contribution in [2.24, 2.45) is 0 Å². The minimum Gasteiger partial charge on any atom is -0.465 e. The lowest BCUT2D eigenvalue weighted by molar-refractivity contribution is -0.144. The minimum absolute atomic E-state index is 0.0104. The number of nitrogens with zero attached hydrogens (tertiary/aromatic N) is 4. The third-order valence-electron chi connectivity index (χ3n) is 4.04. The van der Waals surface area contributed by atoms with E-state index in [1.54, 1.807) is 30.3 Å². The van der Waals surface area contributed by atoms with Crippen LogP contribution >= 0.6 is 11.3 Å². The molecular formula is C20H19F3N4O2S. The molecule has 0 spiro atoms. The fourth-order valence-electron chi connectivity index (χ4n) is 2.74. The SMILES string of the molecule is CCOC(=O)CN(Cc1ccc(C(F)(F)F)cc1)Cc1csc(-c2ncccn2)n1. The van der Waals surface area contributed by atoms with Crippen LogP contribution in [0.1, 0.15) is 23.7 Å². The molecule has 0 N–H and O–H groups in total. The molecule has 30 heavy (non-hydrogen) atoms. The molecule has 0 fully saturated rings. The summed E-state index contributed by atoms with van der Waals surface area (Å²) >= 11 is 1.38. The molecule has 3 rings (SSSR count). The first-order chi connectivity index (χ1) is 14.3. The van der Waals surface area contributed by atoms with Gasteiger partial charge < -0.3 is 4.74 Å². The lowest BCUT2D eigenvalue weighted by Gasteiger charge is -2.20. The third kappa shape index (κ3) is 6.07. The molecule has 158 valence electrons. The lowest BCUT2D eigenvalue weighted by Crippen LogP contribution is -2.30. The number of carbonyl (C=O) groups is 1. The van der Waals surface area contributed by atoms with Gasteiger partial charge in [-0.25, -0.2) is 15.0 Å². The average molecular weight is 436 g/mol. The summed E-state index contributed by atoms with van der Waals surface area (Å²) in [6.45, 7) is 2.54. The van der Waals surface area contributed by atoms with Crippen molar-refractivity contribution in [1.82, 2.24) is 19.9 Å². The van der Waals surface area contributed by atoms with Crippen LogP contribution in [-0.4, -0.2) is 39.0 Å². The average Bonchev–Trinajstić information content (AvgIpc) is 3.17. The number of hydrogen-bond donors (Lipinski definition) is 0. The van der Waals surface area contributed by atoms with E-state index in [1.807, 2.05) is 5.38 Å². The fraction of sp³-hybridized carbons (Fsp3) is 0.300. The largest absolute Gasteiger partial charge is 0.465 e. The van der Waals surface area contributed by atoms with Crippen molar-refractivity contribution in [3.8, 4) is 10.8 Å². The normalized spacial score (nSPS) is 11.6. The molecular weight excluding hydrogens is 417 g/mol. The van der Waals surface area contributed by atoms with Gasteiger partial charge in [-0.1, -0.05) is 12.1 Å². The highest BCUT2D eigenvalue weighted by Crippen LogP contribution is 2.29. The van der Waals surface area contributed by atoms with E-state index in [0.29, 0.717) is 28.6 Å². The molecule has 0 unspecified atom stereocenters. The molecule has 10 heteroatoms. The monoisotopic (exact) mass is 436 g/mol. The van der Waals surface area contributed by atoms with Crippen LogP contribution in [0.25, 0.3) is 10.8 Å². The number of rotatable bonds is 8. The molecule has 2 heterocycles. The molecule has 3 aromatic rings. The molecule has 0 radical (unpaired) electrons. The predicted octanol–water partition coefficient (Wildman–Crippen LogP) is 4.18. The second kappa shape index (κ2) is 9.77. The van der Waals surface area contributed by atoms with Crippen LogP contribution in [0.4, 0.5) is 13.2 Å². The molecule has 6 nitrogen and oxygen atoms in total. The van der Waals surface area contributed by atoms with Crippen molar-refractivity contribution < 1.29 is 22.7 Å². The standard InChI is InChI=1S/C20H19F3N4O2S/c1-2-29-17(28)12-27(10-14-4-6-15(7-5-14)20(21,22)23)11-16-13-30-19(26-16)18-24-8-3-9-25-18/h3-9,13H,2,10-12H2,1H3. The molecule has 0 bridgehead atoms. The van der Waals surface area contributed by atoms with Gasteiger partial charge in [-0.05, 0) is 30.7 Å². The third-order valence-corrected chi connectivity index (χ3v) is 4.93. The van der Waals surface area contributed by atoms with E-state index in [9.17, 15) is 18.0 Å². The first-order valence-electron chi connectivity index (χ1n) is 9.11. The quantitative estimate of drug-likeness (QED) is 0.494. The van der Waals surface area contributed by atoms with Gasteiger partial charge in [0.2, 0.25) is 0 Å².